The quantitative estimate of drug-likeness (QED) is 0.657. The highest BCUT2D eigenvalue weighted by Gasteiger charge is 2.44. The van der Waals surface area contributed by atoms with Crippen molar-refractivity contribution >= 4 is 17.5 Å². The van der Waals surface area contributed by atoms with Crippen LogP contribution in [0.15, 0.2) is 30.3 Å². The minimum atomic E-state index is -0.523. The second kappa shape index (κ2) is 8.47. The van der Waals surface area contributed by atoms with Crippen LogP contribution < -0.4 is 23.8 Å². The van der Waals surface area contributed by atoms with Gasteiger partial charge >= 0.3 is 0 Å². The van der Waals surface area contributed by atoms with E-state index in [0.717, 1.165) is 17.5 Å². The van der Waals surface area contributed by atoms with E-state index >= 15 is 0 Å². The minimum Gasteiger partial charge on any atom is -0.497 e. The van der Waals surface area contributed by atoms with Gasteiger partial charge in [-0.3, -0.25) is 14.5 Å². The van der Waals surface area contributed by atoms with Gasteiger partial charge in [0.2, 0.25) is 5.91 Å². The van der Waals surface area contributed by atoms with Gasteiger partial charge in [-0.25, -0.2) is 4.90 Å². The van der Waals surface area contributed by atoms with E-state index in [1.54, 1.807) is 32.4 Å². The highest BCUT2D eigenvalue weighted by Crippen LogP contribution is 2.38. The SMILES string of the molecule is COc1ccc(OC)c(N2C(=O)C[C@H](N3CCc4cc(OC)c(OC)cc4C3)C2=O)c1. The zero-order valence-electron chi connectivity index (χ0n) is 18.1. The first-order chi connectivity index (χ1) is 15.0. The van der Waals surface area contributed by atoms with Crippen LogP contribution in [0.3, 0.4) is 0 Å². The van der Waals surface area contributed by atoms with Gasteiger partial charge in [-0.2, -0.15) is 0 Å². The summed E-state index contributed by atoms with van der Waals surface area (Å²) in [4.78, 5) is 29.5. The fraction of sp³-hybridized carbons (Fsp3) is 0.391. The Morgan fingerprint density at radius 1 is 0.839 bits per heavy atom. The number of hydrogen-bond acceptors (Lipinski definition) is 7. The van der Waals surface area contributed by atoms with Crippen LogP contribution in [0.1, 0.15) is 17.5 Å². The summed E-state index contributed by atoms with van der Waals surface area (Å²) in [5.74, 6) is 1.84. The molecule has 2 amide bonds. The molecule has 0 aliphatic carbocycles. The molecule has 8 nitrogen and oxygen atoms in total. The molecule has 164 valence electrons. The first-order valence-corrected chi connectivity index (χ1v) is 10.1. The molecule has 0 unspecified atom stereocenters. The molecular formula is C23H26N2O6. The molecule has 0 spiro atoms. The molecule has 2 aliphatic rings. The van der Waals surface area contributed by atoms with Crippen LogP contribution in [-0.4, -0.2) is 57.7 Å². The van der Waals surface area contributed by atoms with Gasteiger partial charge in [0, 0.05) is 19.2 Å². The second-order valence-electron chi connectivity index (χ2n) is 7.52. The van der Waals surface area contributed by atoms with Gasteiger partial charge in [0.25, 0.3) is 5.91 Å². The number of methoxy groups -OCH3 is 4. The molecule has 2 aromatic carbocycles. The van der Waals surface area contributed by atoms with Crippen molar-refractivity contribution in [1.82, 2.24) is 4.90 Å². The maximum Gasteiger partial charge on any atom is 0.251 e. The summed E-state index contributed by atoms with van der Waals surface area (Å²) in [6.45, 7) is 1.23. The maximum absolute atomic E-state index is 13.3. The largest absolute Gasteiger partial charge is 0.497 e. The van der Waals surface area contributed by atoms with E-state index in [4.69, 9.17) is 18.9 Å². The van der Waals surface area contributed by atoms with Crippen molar-refractivity contribution in [3.05, 3.63) is 41.5 Å². The van der Waals surface area contributed by atoms with Crippen molar-refractivity contribution in [2.75, 3.05) is 39.9 Å². The number of hydrogen-bond donors (Lipinski definition) is 0. The van der Waals surface area contributed by atoms with Crippen LogP contribution >= 0.6 is 0 Å². The summed E-state index contributed by atoms with van der Waals surface area (Å²) < 4.78 is 21.5. The number of ether oxygens (including phenoxy) is 4. The van der Waals surface area contributed by atoms with E-state index in [1.165, 1.54) is 19.1 Å². The van der Waals surface area contributed by atoms with Gasteiger partial charge in [0.15, 0.2) is 11.5 Å². The van der Waals surface area contributed by atoms with Crippen LogP contribution in [0.25, 0.3) is 0 Å². The zero-order chi connectivity index (χ0) is 22.1. The van der Waals surface area contributed by atoms with Gasteiger partial charge in [-0.05, 0) is 41.8 Å². The summed E-state index contributed by atoms with van der Waals surface area (Å²) >= 11 is 0. The normalized spacial score (nSPS) is 18.7. The van der Waals surface area contributed by atoms with Crippen molar-refractivity contribution in [2.45, 2.75) is 25.4 Å². The lowest BCUT2D eigenvalue weighted by Crippen LogP contribution is -2.44. The smallest absolute Gasteiger partial charge is 0.251 e. The van der Waals surface area contributed by atoms with Gasteiger partial charge in [0.05, 0.1) is 46.6 Å². The molecule has 2 aromatic rings. The van der Waals surface area contributed by atoms with Crippen molar-refractivity contribution in [3.8, 4) is 23.0 Å². The molecule has 0 radical (unpaired) electrons. The Bertz CT molecular complexity index is 1020. The fourth-order valence-electron chi connectivity index (χ4n) is 4.30. The minimum absolute atomic E-state index is 0.127. The van der Waals surface area contributed by atoms with Crippen molar-refractivity contribution in [2.24, 2.45) is 0 Å². The summed E-state index contributed by atoms with van der Waals surface area (Å²) in [5, 5.41) is 0. The van der Waals surface area contributed by atoms with E-state index in [1.807, 2.05) is 12.1 Å². The summed E-state index contributed by atoms with van der Waals surface area (Å²) in [5.41, 5.74) is 2.64. The van der Waals surface area contributed by atoms with E-state index in [0.29, 0.717) is 41.8 Å². The Morgan fingerprint density at radius 3 is 2.16 bits per heavy atom. The Hall–Kier alpha value is -3.26. The highest BCUT2D eigenvalue weighted by molar-refractivity contribution is 6.23. The van der Waals surface area contributed by atoms with Crippen molar-refractivity contribution < 1.29 is 28.5 Å². The van der Waals surface area contributed by atoms with Gasteiger partial charge in [0.1, 0.15) is 11.5 Å². The molecule has 0 N–H and O–H groups in total. The van der Waals surface area contributed by atoms with Crippen LogP contribution in [0.4, 0.5) is 5.69 Å². The summed E-state index contributed by atoms with van der Waals surface area (Å²) in [6.07, 6.45) is 0.887. The van der Waals surface area contributed by atoms with Gasteiger partial charge < -0.3 is 18.9 Å². The molecule has 4 rings (SSSR count). The predicted octanol–water partition coefficient (Wildman–Crippen LogP) is 2.41. The predicted molar refractivity (Wildman–Crippen MR) is 114 cm³/mol. The number of anilines is 1. The first kappa shape index (κ1) is 21.0. The number of imide groups is 1. The highest BCUT2D eigenvalue weighted by atomic mass is 16.5. The molecule has 2 heterocycles. The lowest BCUT2D eigenvalue weighted by Gasteiger charge is -2.32. The van der Waals surface area contributed by atoms with Crippen molar-refractivity contribution in [1.29, 1.82) is 0 Å². The van der Waals surface area contributed by atoms with Gasteiger partial charge in [-0.15, -0.1) is 0 Å². The number of benzene rings is 2. The Morgan fingerprint density at radius 2 is 1.52 bits per heavy atom. The van der Waals surface area contributed by atoms with Crippen LogP contribution in [0.2, 0.25) is 0 Å². The van der Waals surface area contributed by atoms with E-state index in [9.17, 15) is 9.59 Å². The third-order valence-corrected chi connectivity index (χ3v) is 5.94. The van der Waals surface area contributed by atoms with E-state index in [2.05, 4.69) is 4.90 Å². The van der Waals surface area contributed by atoms with Gasteiger partial charge in [-0.1, -0.05) is 0 Å². The molecule has 8 heteroatoms. The van der Waals surface area contributed by atoms with Crippen molar-refractivity contribution in [3.63, 3.8) is 0 Å². The molecule has 0 saturated carbocycles. The molecule has 1 fully saturated rings. The number of nitrogens with zero attached hydrogens (tertiary/aromatic N) is 2. The molecule has 0 bridgehead atoms. The number of carbonyl (C=O) groups is 2. The van der Waals surface area contributed by atoms with Crippen LogP contribution in [0, 0.1) is 0 Å². The Labute approximate surface area is 181 Å². The molecule has 31 heavy (non-hydrogen) atoms. The van der Waals surface area contributed by atoms with Crippen LogP contribution in [0.5, 0.6) is 23.0 Å². The average Bonchev–Trinajstić information content (AvgIpc) is 3.10. The third kappa shape index (κ3) is 3.67. The third-order valence-electron chi connectivity index (χ3n) is 5.94. The molecule has 2 aliphatic heterocycles. The monoisotopic (exact) mass is 426 g/mol. The molecule has 0 aromatic heterocycles. The van der Waals surface area contributed by atoms with E-state index < -0.39 is 6.04 Å². The van der Waals surface area contributed by atoms with E-state index in [-0.39, 0.29) is 18.2 Å². The molecule has 1 atom stereocenters. The number of rotatable bonds is 6. The first-order valence-electron chi connectivity index (χ1n) is 10.1. The lowest BCUT2D eigenvalue weighted by molar-refractivity contribution is -0.123. The summed E-state index contributed by atoms with van der Waals surface area (Å²) in [7, 11) is 6.26. The van der Waals surface area contributed by atoms with Crippen LogP contribution in [-0.2, 0) is 22.6 Å². The fourth-order valence-corrected chi connectivity index (χ4v) is 4.30. The molecule has 1 saturated heterocycles. The number of fused-ring (bicyclic) bond motifs is 1. The number of carbonyl (C=O) groups excluding carboxylic acids is 2. The lowest BCUT2D eigenvalue weighted by atomic mass is 9.97. The topological polar surface area (TPSA) is 77.5 Å². The number of amides is 2. The zero-order valence-corrected chi connectivity index (χ0v) is 18.1. The average molecular weight is 426 g/mol. The molecular weight excluding hydrogens is 400 g/mol. The summed E-state index contributed by atoms with van der Waals surface area (Å²) in [6, 6.07) is 8.49. The standard InChI is InChI=1S/C23H26N2O6/c1-28-16-5-6-19(29-2)17(11-16)25-22(26)12-18(23(25)27)24-8-7-14-9-20(30-3)21(31-4)10-15(14)13-24/h5-6,9-11,18H,7-8,12-13H2,1-4H3/t18-/m0/s1. The Kier molecular flexibility index (Phi) is 5.73. The maximum atomic E-state index is 13.3. The Balaban J connectivity index is 1.61. The second-order valence-corrected chi connectivity index (χ2v) is 7.52.